The summed E-state index contributed by atoms with van der Waals surface area (Å²) in [6, 6.07) is -0.438. The lowest BCUT2D eigenvalue weighted by Gasteiger charge is -2.42. The lowest BCUT2D eigenvalue weighted by atomic mass is 9.95. The van der Waals surface area contributed by atoms with Crippen molar-refractivity contribution in [1.82, 2.24) is 30.1 Å². The third-order valence-corrected chi connectivity index (χ3v) is 9.01. The highest BCUT2D eigenvalue weighted by molar-refractivity contribution is 6.30. The molecule has 4 fully saturated rings. The number of alkyl halides is 1. The van der Waals surface area contributed by atoms with Crippen molar-refractivity contribution in [2.24, 2.45) is 0 Å². The number of aromatic nitrogens is 3. The van der Waals surface area contributed by atoms with E-state index in [0.717, 1.165) is 32.2 Å². The molecular formula is C28H36ClF2N7O4. The van der Waals surface area contributed by atoms with Crippen molar-refractivity contribution in [3.05, 3.63) is 16.7 Å². The summed E-state index contributed by atoms with van der Waals surface area (Å²) in [5.74, 6) is -1.20. The molecule has 4 saturated heterocycles. The minimum atomic E-state index is -0.934. The Morgan fingerprint density at radius 3 is 2.52 bits per heavy atom. The quantitative estimate of drug-likeness (QED) is 0.508. The molecule has 0 spiro atoms. The van der Waals surface area contributed by atoms with Gasteiger partial charge in [0.05, 0.1) is 23.0 Å². The van der Waals surface area contributed by atoms with Crippen LogP contribution in [0.5, 0.6) is 6.01 Å². The summed E-state index contributed by atoms with van der Waals surface area (Å²) in [7, 11) is 1.44. The standard InChI is InChI=1S/C28H36ClF2N7O4/c1-27(2,3)42-26(40)38-16-6-7-17(38)13-36(12-16)23-18-20(19(31)22(29)33-21(18)24(39)32-4)34-25(35-23)41-14-28-8-5-9-37(28)11-15(30)10-28/h15-17H,5-14H2,1-4H3,(H,32,39)/t15-,16?,17?,28+/m1/s1. The molecule has 2 aromatic rings. The number of hydrogen-bond donors (Lipinski definition) is 1. The van der Waals surface area contributed by atoms with E-state index < -0.39 is 34.2 Å². The molecule has 228 valence electrons. The molecule has 2 amide bonds. The van der Waals surface area contributed by atoms with Gasteiger partial charge in [-0.2, -0.15) is 9.97 Å². The Bertz CT molecular complexity index is 1410. The maximum Gasteiger partial charge on any atom is 0.410 e. The van der Waals surface area contributed by atoms with Crippen LogP contribution in [-0.4, -0.2) is 106 Å². The zero-order valence-electron chi connectivity index (χ0n) is 24.3. The van der Waals surface area contributed by atoms with Crippen LogP contribution in [-0.2, 0) is 4.74 Å². The average Bonchev–Trinajstić information content (AvgIpc) is 3.54. The van der Waals surface area contributed by atoms with Crippen LogP contribution in [0.25, 0.3) is 10.9 Å². The van der Waals surface area contributed by atoms with E-state index in [1.54, 1.807) is 4.90 Å². The summed E-state index contributed by atoms with van der Waals surface area (Å²) in [6.45, 7) is 7.54. The van der Waals surface area contributed by atoms with Gasteiger partial charge in [-0.05, 0) is 53.0 Å². The number of piperazine rings is 1. The Balaban J connectivity index is 1.38. The van der Waals surface area contributed by atoms with E-state index in [-0.39, 0.29) is 53.2 Å². The van der Waals surface area contributed by atoms with E-state index in [0.29, 0.717) is 26.1 Å². The van der Waals surface area contributed by atoms with Gasteiger partial charge in [-0.25, -0.2) is 18.6 Å². The minimum absolute atomic E-state index is 0.0908. The first kappa shape index (κ1) is 29.0. The number of amides is 2. The van der Waals surface area contributed by atoms with Crippen LogP contribution in [0.2, 0.25) is 5.15 Å². The predicted octanol–water partition coefficient (Wildman–Crippen LogP) is 3.72. The fourth-order valence-corrected chi connectivity index (χ4v) is 7.19. The van der Waals surface area contributed by atoms with Crippen molar-refractivity contribution in [3.63, 3.8) is 0 Å². The first-order valence-corrected chi connectivity index (χ1v) is 14.8. The monoisotopic (exact) mass is 607 g/mol. The molecule has 4 aliphatic heterocycles. The summed E-state index contributed by atoms with van der Waals surface area (Å²) in [4.78, 5) is 44.9. The Morgan fingerprint density at radius 2 is 1.86 bits per heavy atom. The molecule has 6 rings (SSSR count). The van der Waals surface area contributed by atoms with Gasteiger partial charge < -0.3 is 19.7 Å². The van der Waals surface area contributed by atoms with Crippen molar-refractivity contribution in [3.8, 4) is 6.01 Å². The van der Waals surface area contributed by atoms with Gasteiger partial charge in [0, 0.05) is 33.1 Å². The molecule has 2 bridgehead atoms. The highest BCUT2D eigenvalue weighted by Crippen LogP contribution is 2.41. The molecule has 4 aliphatic rings. The number of carbonyl (C=O) groups is 2. The number of carbonyl (C=O) groups excluding carboxylic acids is 2. The Labute approximate surface area is 247 Å². The third-order valence-electron chi connectivity index (χ3n) is 8.76. The van der Waals surface area contributed by atoms with E-state index in [9.17, 15) is 14.0 Å². The number of fused-ring (bicyclic) bond motifs is 4. The van der Waals surface area contributed by atoms with Crippen LogP contribution in [0.1, 0.15) is 63.4 Å². The van der Waals surface area contributed by atoms with E-state index in [2.05, 4.69) is 20.2 Å². The molecule has 42 heavy (non-hydrogen) atoms. The maximum absolute atomic E-state index is 15.6. The molecular weight excluding hydrogens is 572 g/mol. The maximum atomic E-state index is 15.6. The number of nitrogens with zero attached hydrogens (tertiary/aromatic N) is 6. The smallest absolute Gasteiger partial charge is 0.410 e. The zero-order valence-corrected chi connectivity index (χ0v) is 25.0. The minimum Gasteiger partial charge on any atom is -0.461 e. The molecule has 1 N–H and O–H groups in total. The summed E-state index contributed by atoms with van der Waals surface area (Å²) >= 11 is 6.13. The van der Waals surface area contributed by atoms with E-state index in [1.807, 2.05) is 25.7 Å². The fourth-order valence-electron chi connectivity index (χ4n) is 7.02. The molecule has 2 aromatic heterocycles. The topological polar surface area (TPSA) is 113 Å². The SMILES string of the molecule is CNC(=O)c1nc(Cl)c(F)c2nc(OC[C@@]34CCCN3C[C@H](F)C4)nc(N3CC4CCC(C3)N4C(=O)OC(C)(C)C)c12. The molecule has 0 radical (unpaired) electrons. The van der Waals surface area contributed by atoms with Gasteiger partial charge in [0.25, 0.3) is 5.91 Å². The van der Waals surface area contributed by atoms with Crippen molar-refractivity contribution in [1.29, 1.82) is 0 Å². The molecule has 0 aliphatic carbocycles. The lowest BCUT2D eigenvalue weighted by Crippen LogP contribution is -2.57. The number of ether oxygens (including phenoxy) is 2. The average molecular weight is 608 g/mol. The summed E-state index contributed by atoms with van der Waals surface area (Å²) in [5.41, 5.74) is -1.40. The Morgan fingerprint density at radius 1 is 1.14 bits per heavy atom. The molecule has 0 saturated carbocycles. The second-order valence-electron chi connectivity index (χ2n) is 12.7. The summed E-state index contributed by atoms with van der Waals surface area (Å²) < 4.78 is 41.7. The second kappa shape index (κ2) is 10.6. The fraction of sp³-hybridized carbons (Fsp3) is 0.679. The molecule has 11 nitrogen and oxygen atoms in total. The van der Waals surface area contributed by atoms with Crippen LogP contribution >= 0.6 is 11.6 Å². The van der Waals surface area contributed by atoms with E-state index >= 15 is 4.39 Å². The van der Waals surface area contributed by atoms with Gasteiger partial charge in [-0.1, -0.05) is 11.6 Å². The van der Waals surface area contributed by atoms with Crippen molar-refractivity contribution in [2.75, 3.05) is 44.7 Å². The number of halogens is 3. The number of pyridine rings is 1. The van der Waals surface area contributed by atoms with Gasteiger partial charge >= 0.3 is 12.1 Å². The van der Waals surface area contributed by atoms with Crippen molar-refractivity contribution in [2.45, 2.75) is 82.3 Å². The van der Waals surface area contributed by atoms with Gasteiger partial charge in [-0.3, -0.25) is 14.6 Å². The van der Waals surface area contributed by atoms with E-state index in [4.69, 9.17) is 26.1 Å². The Hall–Kier alpha value is -3.06. The van der Waals surface area contributed by atoms with Gasteiger partial charge in [0.1, 0.15) is 35.4 Å². The first-order chi connectivity index (χ1) is 19.9. The molecule has 2 unspecified atom stereocenters. The normalized spacial score (nSPS) is 27.5. The van der Waals surface area contributed by atoms with Gasteiger partial charge in [-0.15, -0.1) is 0 Å². The second-order valence-corrected chi connectivity index (χ2v) is 13.1. The van der Waals surface area contributed by atoms with Crippen molar-refractivity contribution >= 4 is 40.3 Å². The number of anilines is 1. The van der Waals surface area contributed by atoms with Crippen LogP contribution in [0, 0.1) is 5.82 Å². The largest absolute Gasteiger partial charge is 0.461 e. The zero-order chi connectivity index (χ0) is 30.0. The Kier molecular flexibility index (Phi) is 7.32. The van der Waals surface area contributed by atoms with Crippen LogP contribution in [0.4, 0.5) is 19.4 Å². The lowest BCUT2D eigenvalue weighted by molar-refractivity contribution is 0.0122. The first-order valence-electron chi connectivity index (χ1n) is 14.5. The van der Waals surface area contributed by atoms with Crippen LogP contribution in [0.15, 0.2) is 0 Å². The predicted molar refractivity (Wildman–Crippen MR) is 151 cm³/mol. The van der Waals surface area contributed by atoms with Crippen molar-refractivity contribution < 1.29 is 27.8 Å². The number of hydrogen-bond acceptors (Lipinski definition) is 9. The molecule has 6 heterocycles. The number of rotatable bonds is 5. The highest BCUT2D eigenvalue weighted by Gasteiger charge is 2.50. The van der Waals surface area contributed by atoms with Crippen LogP contribution < -0.4 is 15.0 Å². The third kappa shape index (κ3) is 5.08. The molecule has 4 atom stereocenters. The van der Waals surface area contributed by atoms with E-state index in [1.165, 1.54) is 7.05 Å². The highest BCUT2D eigenvalue weighted by atomic mass is 35.5. The summed E-state index contributed by atoms with van der Waals surface area (Å²) in [6.07, 6.45) is 2.29. The molecule has 0 aromatic carbocycles. The number of nitrogens with one attached hydrogen (secondary N) is 1. The summed E-state index contributed by atoms with van der Waals surface area (Å²) in [5, 5.41) is 2.14. The molecule has 14 heteroatoms. The van der Waals surface area contributed by atoms with Crippen LogP contribution in [0.3, 0.4) is 0 Å². The van der Waals surface area contributed by atoms with Gasteiger partial charge in [0.2, 0.25) is 0 Å². The van der Waals surface area contributed by atoms with Gasteiger partial charge in [0.15, 0.2) is 11.0 Å².